The molecule has 0 fully saturated rings. The highest BCUT2D eigenvalue weighted by Gasteiger charge is 2.27. The average Bonchev–Trinajstić information content (AvgIpc) is 2.95. The van der Waals surface area contributed by atoms with Crippen molar-refractivity contribution in [1.29, 1.82) is 0 Å². The highest BCUT2D eigenvalue weighted by atomic mass is 16.5. The maximum atomic E-state index is 12.7. The van der Waals surface area contributed by atoms with Crippen molar-refractivity contribution in [2.75, 3.05) is 0 Å². The van der Waals surface area contributed by atoms with Crippen molar-refractivity contribution in [1.82, 2.24) is 10.3 Å². The Morgan fingerprint density at radius 3 is 2.21 bits per heavy atom. The van der Waals surface area contributed by atoms with Gasteiger partial charge in [0.15, 0.2) is 11.9 Å². The van der Waals surface area contributed by atoms with Gasteiger partial charge in [0.25, 0.3) is 0 Å². The molecule has 0 aliphatic carbocycles. The maximum Gasteiger partial charge on any atom is 0.308 e. The number of benzene rings is 1. The molecule has 0 saturated carbocycles. The first-order valence-corrected chi connectivity index (χ1v) is 9.37. The Kier molecular flexibility index (Phi) is 7.09. The summed E-state index contributed by atoms with van der Waals surface area (Å²) >= 11 is 0. The smallest absolute Gasteiger partial charge is 0.308 e. The Labute approximate surface area is 169 Å². The van der Waals surface area contributed by atoms with Crippen LogP contribution in [0.3, 0.4) is 0 Å². The summed E-state index contributed by atoms with van der Waals surface area (Å²) in [5.41, 5.74) is 2.65. The second-order valence-electron chi connectivity index (χ2n) is 7.05. The van der Waals surface area contributed by atoms with Crippen LogP contribution in [0.5, 0.6) is 0 Å². The Morgan fingerprint density at radius 2 is 1.69 bits per heavy atom. The van der Waals surface area contributed by atoms with E-state index in [-0.39, 0.29) is 23.8 Å². The molecule has 2 aromatic rings. The number of Topliss-reactive ketones (excluding diaryl/α,β-unsaturated/α-hetero) is 2. The average molecular weight is 398 g/mol. The van der Waals surface area contributed by atoms with Crippen LogP contribution in [-0.2, 0) is 14.3 Å². The largest absolute Gasteiger partial charge is 0.454 e. The van der Waals surface area contributed by atoms with Crippen LogP contribution < -0.4 is 5.32 Å². The molecule has 154 valence electrons. The SMILES string of the molecule is CC(=O)N[C@@H](CC(=O)O[C@@H](C)C(=O)c1[nH]c(C)c(C(C)=O)c1C)c1ccccc1. The van der Waals surface area contributed by atoms with E-state index in [4.69, 9.17) is 4.74 Å². The second-order valence-corrected chi connectivity index (χ2v) is 7.05. The monoisotopic (exact) mass is 398 g/mol. The minimum Gasteiger partial charge on any atom is -0.454 e. The van der Waals surface area contributed by atoms with Crippen LogP contribution in [0.1, 0.15) is 70.9 Å². The fourth-order valence-corrected chi connectivity index (χ4v) is 3.38. The number of rotatable bonds is 8. The Morgan fingerprint density at radius 1 is 1.07 bits per heavy atom. The number of H-pyrrole nitrogens is 1. The van der Waals surface area contributed by atoms with E-state index in [1.807, 2.05) is 18.2 Å². The fraction of sp³-hybridized carbons (Fsp3) is 0.364. The molecule has 0 spiro atoms. The van der Waals surface area contributed by atoms with Crippen LogP contribution in [0.4, 0.5) is 0 Å². The van der Waals surface area contributed by atoms with Gasteiger partial charge in [0, 0.05) is 18.2 Å². The predicted molar refractivity (Wildman–Crippen MR) is 108 cm³/mol. The zero-order valence-corrected chi connectivity index (χ0v) is 17.3. The first-order chi connectivity index (χ1) is 13.6. The van der Waals surface area contributed by atoms with Crippen LogP contribution in [0.15, 0.2) is 30.3 Å². The number of carbonyl (C=O) groups is 4. The summed E-state index contributed by atoms with van der Waals surface area (Å²) in [5, 5.41) is 2.73. The van der Waals surface area contributed by atoms with Gasteiger partial charge in [-0.15, -0.1) is 0 Å². The van der Waals surface area contributed by atoms with Crippen LogP contribution in [-0.4, -0.2) is 34.5 Å². The van der Waals surface area contributed by atoms with E-state index in [1.165, 1.54) is 20.8 Å². The molecule has 0 saturated heterocycles. The summed E-state index contributed by atoms with van der Waals surface area (Å²) in [6.07, 6.45) is -1.14. The van der Waals surface area contributed by atoms with E-state index in [2.05, 4.69) is 10.3 Å². The van der Waals surface area contributed by atoms with Gasteiger partial charge in [-0.05, 0) is 38.8 Å². The zero-order valence-electron chi connectivity index (χ0n) is 17.3. The third-order valence-corrected chi connectivity index (χ3v) is 4.66. The zero-order chi connectivity index (χ0) is 21.7. The van der Waals surface area contributed by atoms with Gasteiger partial charge in [-0.2, -0.15) is 0 Å². The number of nitrogens with one attached hydrogen (secondary N) is 2. The van der Waals surface area contributed by atoms with E-state index >= 15 is 0 Å². The number of hydrogen-bond donors (Lipinski definition) is 2. The summed E-state index contributed by atoms with van der Waals surface area (Å²) in [7, 11) is 0. The van der Waals surface area contributed by atoms with E-state index < -0.39 is 23.9 Å². The summed E-state index contributed by atoms with van der Waals surface area (Å²) in [5.74, 6) is -1.44. The van der Waals surface area contributed by atoms with Crippen molar-refractivity contribution < 1.29 is 23.9 Å². The number of aryl methyl sites for hydroxylation is 1. The van der Waals surface area contributed by atoms with Gasteiger partial charge in [0.2, 0.25) is 11.7 Å². The highest BCUT2D eigenvalue weighted by Crippen LogP contribution is 2.22. The van der Waals surface area contributed by atoms with Crippen molar-refractivity contribution in [2.45, 2.75) is 53.2 Å². The van der Waals surface area contributed by atoms with E-state index in [9.17, 15) is 19.2 Å². The molecule has 7 nitrogen and oxygen atoms in total. The quantitative estimate of drug-likeness (QED) is 0.525. The van der Waals surface area contributed by atoms with Gasteiger partial charge >= 0.3 is 5.97 Å². The number of carbonyl (C=O) groups excluding carboxylic acids is 4. The molecule has 2 N–H and O–H groups in total. The van der Waals surface area contributed by atoms with Gasteiger partial charge in [-0.25, -0.2) is 0 Å². The minimum absolute atomic E-state index is 0.108. The number of esters is 1. The lowest BCUT2D eigenvalue weighted by atomic mass is 10.0. The summed E-state index contributed by atoms with van der Waals surface area (Å²) in [4.78, 5) is 51.4. The normalized spacial score (nSPS) is 12.7. The molecule has 0 aliphatic rings. The number of aromatic nitrogens is 1. The lowest BCUT2D eigenvalue weighted by Crippen LogP contribution is -2.31. The molecule has 1 amide bonds. The van der Waals surface area contributed by atoms with Crippen LogP contribution in [0.2, 0.25) is 0 Å². The van der Waals surface area contributed by atoms with Crippen LogP contribution in [0, 0.1) is 13.8 Å². The molecular weight excluding hydrogens is 372 g/mol. The van der Waals surface area contributed by atoms with Crippen molar-refractivity contribution >= 4 is 23.4 Å². The molecule has 1 heterocycles. The van der Waals surface area contributed by atoms with Gasteiger partial charge in [0.1, 0.15) is 0 Å². The summed E-state index contributed by atoms with van der Waals surface area (Å²) in [6, 6.07) is 8.51. The second kappa shape index (κ2) is 9.32. The molecular formula is C22H26N2O5. The van der Waals surface area contributed by atoms with Crippen molar-refractivity contribution in [3.63, 3.8) is 0 Å². The molecule has 2 atom stereocenters. The van der Waals surface area contributed by atoms with Gasteiger partial charge in [-0.1, -0.05) is 30.3 Å². The molecule has 0 bridgehead atoms. The van der Waals surface area contributed by atoms with Crippen molar-refractivity contribution in [2.24, 2.45) is 0 Å². The maximum absolute atomic E-state index is 12.7. The van der Waals surface area contributed by atoms with Crippen LogP contribution >= 0.6 is 0 Å². The van der Waals surface area contributed by atoms with E-state index in [1.54, 1.807) is 26.0 Å². The molecule has 29 heavy (non-hydrogen) atoms. The Balaban J connectivity index is 2.11. The van der Waals surface area contributed by atoms with Gasteiger partial charge < -0.3 is 15.0 Å². The molecule has 2 rings (SSSR count). The highest BCUT2D eigenvalue weighted by molar-refractivity contribution is 6.05. The molecule has 0 unspecified atom stereocenters. The van der Waals surface area contributed by atoms with Crippen molar-refractivity contribution in [3.05, 3.63) is 58.4 Å². The summed E-state index contributed by atoms with van der Waals surface area (Å²) < 4.78 is 5.32. The van der Waals surface area contributed by atoms with Crippen molar-refractivity contribution in [3.8, 4) is 0 Å². The summed E-state index contributed by atoms with van der Waals surface area (Å²) in [6.45, 7) is 7.70. The van der Waals surface area contributed by atoms with E-state index in [0.717, 1.165) is 5.56 Å². The van der Waals surface area contributed by atoms with Gasteiger partial charge in [0.05, 0.1) is 18.2 Å². The molecule has 0 aliphatic heterocycles. The fourth-order valence-electron chi connectivity index (χ4n) is 3.38. The standard InChI is InChI=1S/C22H26N2O5/c1-12-20(14(3)25)13(2)23-21(12)22(28)15(4)29-19(27)11-18(24-16(5)26)17-9-7-6-8-10-17/h6-10,15,18,23H,11H2,1-5H3,(H,24,26)/t15-,18-/m0/s1. The number of aromatic amines is 1. The lowest BCUT2D eigenvalue weighted by molar-refractivity contribution is -0.147. The Hall–Kier alpha value is -3.22. The molecule has 1 aromatic heterocycles. The van der Waals surface area contributed by atoms with E-state index in [0.29, 0.717) is 16.8 Å². The molecule has 1 aromatic carbocycles. The van der Waals surface area contributed by atoms with Gasteiger partial charge in [-0.3, -0.25) is 19.2 Å². The molecule has 0 radical (unpaired) electrons. The van der Waals surface area contributed by atoms with Crippen LogP contribution in [0.25, 0.3) is 0 Å². The number of amides is 1. The first kappa shape index (κ1) is 22.1. The molecule has 7 heteroatoms. The topological polar surface area (TPSA) is 105 Å². The minimum atomic E-state index is -1.03. The lowest BCUT2D eigenvalue weighted by Gasteiger charge is -2.19. The predicted octanol–water partition coefficient (Wildman–Crippen LogP) is 3.22. The first-order valence-electron chi connectivity index (χ1n) is 9.37. The Bertz CT molecular complexity index is 930. The number of hydrogen-bond acceptors (Lipinski definition) is 5. The number of ketones is 2. The third kappa shape index (κ3) is 5.40. The number of ether oxygens (including phenoxy) is 1. The third-order valence-electron chi connectivity index (χ3n) is 4.66.